The lowest BCUT2D eigenvalue weighted by Gasteiger charge is -2.28. The first-order valence-corrected chi connectivity index (χ1v) is 16.4. The molecule has 6 rings (SSSR count). The zero-order valence-corrected chi connectivity index (χ0v) is 28.3. The number of rotatable bonds is 3. The Kier molecular flexibility index (Phi) is 8.51. The molecule has 0 bridgehead atoms. The van der Waals surface area contributed by atoms with E-state index in [1.54, 1.807) is 9.80 Å². The van der Waals surface area contributed by atoms with E-state index in [4.69, 9.17) is 19.4 Å². The molecule has 2 amide bonds. The summed E-state index contributed by atoms with van der Waals surface area (Å²) >= 11 is 0. The van der Waals surface area contributed by atoms with Crippen LogP contribution in [-0.2, 0) is 9.47 Å². The number of aromatic nitrogens is 4. The Hall–Kier alpha value is -4.78. The molecule has 3 atom stereocenters. The van der Waals surface area contributed by atoms with E-state index < -0.39 is 11.2 Å². The van der Waals surface area contributed by atoms with Gasteiger partial charge in [0.05, 0.1) is 28.8 Å². The van der Waals surface area contributed by atoms with Crippen LogP contribution in [0.1, 0.15) is 103 Å². The first-order chi connectivity index (χ1) is 22.2. The van der Waals surface area contributed by atoms with E-state index in [1.165, 1.54) is 0 Å². The number of hydrogen-bond acceptors (Lipinski definition) is 6. The zero-order chi connectivity index (χ0) is 33.5. The van der Waals surface area contributed by atoms with Gasteiger partial charge in [0.2, 0.25) is 0 Å². The van der Waals surface area contributed by atoms with Crippen molar-refractivity contribution >= 4 is 23.2 Å². The molecule has 10 heteroatoms. The number of carbonyl (C=O) groups excluding carboxylic acids is 2. The van der Waals surface area contributed by atoms with Crippen molar-refractivity contribution in [3.8, 4) is 23.1 Å². The van der Waals surface area contributed by atoms with Crippen LogP contribution in [0.3, 0.4) is 0 Å². The second-order valence-corrected chi connectivity index (χ2v) is 14.6. The number of fused-ring (bicyclic) bond motifs is 1. The maximum Gasteiger partial charge on any atom is 0.410 e. The van der Waals surface area contributed by atoms with Crippen LogP contribution in [0.5, 0.6) is 0 Å². The molecule has 0 unspecified atom stereocenters. The van der Waals surface area contributed by atoms with Gasteiger partial charge < -0.3 is 19.4 Å². The van der Waals surface area contributed by atoms with E-state index in [0.29, 0.717) is 13.1 Å². The van der Waals surface area contributed by atoms with E-state index in [0.717, 1.165) is 64.3 Å². The fourth-order valence-corrected chi connectivity index (χ4v) is 6.25. The Morgan fingerprint density at radius 1 is 0.830 bits per heavy atom. The summed E-state index contributed by atoms with van der Waals surface area (Å²) in [5, 5.41) is 0. The molecule has 2 aromatic carbocycles. The molecule has 0 radical (unpaired) electrons. The first-order valence-electron chi connectivity index (χ1n) is 16.4. The first kappa shape index (κ1) is 32.2. The second-order valence-electron chi connectivity index (χ2n) is 14.6. The van der Waals surface area contributed by atoms with Crippen molar-refractivity contribution in [1.29, 1.82) is 0 Å². The minimum Gasteiger partial charge on any atom is -0.444 e. The lowest BCUT2D eigenvalue weighted by molar-refractivity contribution is 0.0197. The van der Waals surface area contributed by atoms with Crippen LogP contribution in [-0.4, -0.2) is 66.2 Å². The average Bonchev–Trinajstić information content (AvgIpc) is 3.79. The zero-order valence-electron chi connectivity index (χ0n) is 28.3. The number of amides is 2. The summed E-state index contributed by atoms with van der Waals surface area (Å²) in [6, 6.07) is 13.6. The van der Waals surface area contributed by atoms with Crippen molar-refractivity contribution in [3.63, 3.8) is 0 Å². The number of imidazole rings is 2. The standard InChI is InChI=1S/C37H44N6O4/c1-23-18-20-43(35(45)47-37(5,6)7)31(23)33-38-22-29(41-33)26-15-12-24(13-16-26)10-11-25-14-17-27-28(21-25)40-32(39-27)30-9-8-19-42(30)34(44)46-36(2,3)4/h12-17,21-23,30-31H,8-9,18-20H2,1-7H3,(H,38,41)(H,39,40)/t23-,30+,31+/m1/s1. The normalized spacial score (nSPS) is 19.9. The maximum absolute atomic E-state index is 12.9. The molecule has 246 valence electrons. The molecule has 0 spiro atoms. The Labute approximate surface area is 276 Å². The van der Waals surface area contributed by atoms with Gasteiger partial charge in [-0.3, -0.25) is 9.80 Å². The maximum atomic E-state index is 12.9. The number of nitrogens with zero attached hydrogens (tertiary/aromatic N) is 4. The van der Waals surface area contributed by atoms with Crippen LogP contribution >= 0.6 is 0 Å². The fraction of sp³-hybridized carbons (Fsp3) is 0.459. The van der Waals surface area contributed by atoms with Gasteiger partial charge in [-0.25, -0.2) is 19.6 Å². The number of nitrogens with one attached hydrogen (secondary N) is 2. The van der Waals surface area contributed by atoms with Crippen LogP contribution < -0.4 is 0 Å². The number of ether oxygens (including phenoxy) is 2. The van der Waals surface area contributed by atoms with E-state index in [-0.39, 0.29) is 30.2 Å². The molecule has 47 heavy (non-hydrogen) atoms. The highest BCUT2D eigenvalue weighted by Crippen LogP contribution is 2.37. The highest BCUT2D eigenvalue weighted by molar-refractivity contribution is 5.77. The molecular formula is C37H44N6O4. The summed E-state index contributed by atoms with van der Waals surface area (Å²) in [5.41, 5.74) is 4.14. The highest BCUT2D eigenvalue weighted by atomic mass is 16.6. The van der Waals surface area contributed by atoms with E-state index >= 15 is 0 Å². The molecule has 2 N–H and O–H groups in total. The quantitative estimate of drug-likeness (QED) is 0.222. The number of H-pyrrole nitrogens is 2. The summed E-state index contributed by atoms with van der Waals surface area (Å²) in [4.78, 5) is 45.7. The highest BCUT2D eigenvalue weighted by Gasteiger charge is 2.39. The van der Waals surface area contributed by atoms with Crippen LogP contribution in [0.2, 0.25) is 0 Å². The van der Waals surface area contributed by atoms with Gasteiger partial charge >= 0.3 is 12.2 Å². The predicted octanol–water partition coefficient (Wildman–Crippen LogP) is 7.74. The van der Waals surface area contributed by atoms with Crippen molar-refractivity contribution < 1.29 is 19.1 Å². The van der Waals surface area contributed by atoms with E-state index in [1.807, 2.05) is 90.2 Å². The van der Waals surface area contributed by atoms with Crippen LogP contribution in [0, 0.1) is 17.8 Å². The topological polar surface area (TPSA) is 116 Å². The third kappa shape index (κ3) is 7.30. The molecule has 0 aliphatic carbocycles. The molecule has 2 aliphatic heterocycles. The Balaban J connectivity index is 1.14. The smallest absolute Gasteiger partial charge is 0.410 e. The van der Waals surface area contributed by atoms with Crippen molar-refractivity contribution in [2.24, 2.45) is 5.92 Å². The molecule has 2 aliphatic rings. The van der Waals surface area contributed by atoms with Gasteiger partial charge in [0.1, 0.15) is 22.9 Å². The van der Waals surface area contributed by atoms with Gasteiger partial charge in [-0.1, -0.05) is 30.9 Å². The van der Waals surface area contributed by atoms with Gasteiger partial charge in [0, 0.05) is 36.0 Å². The Morgan fingerprint density at radius 2 is 1.49 bits per heavy atom. The third-order valence-electron chi connectivity index (χ3n) is 8.44. The SMILES string of the molecule is C[C@@H]1CCN(C(=O)OC(C)(C)C)[C@@H]1c1nc(-c2ccc(C#Cc3ccc4[nH]c([C@@H]5CCCN5C(=O)OC(C)(C)C)nc4c3)cc2)c[nH]1. The summed E-state index contributed by atoms with van der Waals surface area (Å²) in [5.74, 6) is 8.32. The van der Waals surface area contributed by atoms with Gasteiger partial charge in [-0.15, -0.1) is 0 Å². The lowest BCUT2D eigenvalue weighted by Crippen LogP contribution is -2.37. The van der Waals surface area contributed by atoms with Crippen molar-refractivity contribution in [2.75, 3.05) is 13.1 Å². The average molecular weight is 637 g/mol. The fourth-order valence-electron chi connectivity index (χ4n) is 6.25. The molecule has 4 heterocycles. The minimum absolute atomic E-state index is 0.138. The molecule has 2 saturated heterocycles. The Morgan fingerprint density at radius 3 is 2.19 bits per heavy atom. The number of carbonyl (C=O) groups is 2. The summed E-state index contributed by atoms with van der Waals surface area (Å²) in [6.07, 6.45) is 3.92. The summed E-state index contributed by atoms with van der Waals surface area (Å²) in [6.45, 7) is 14.7. The Bertz CT molecular complexity index is 1830. The third-order valence-corrected chi connectivity index (χ3v) is 8.44. The van der Waals surface area contributed by atoms with E-state index in [2.05, 4.69) is 28.7 Å². The van der Waals surface area contributed by atoms with Gasteiger partial charge in [0.25, 0.3) is 0 Å². The molecule has 2 fully saturated rings. The molecule has 2 aromatic heterocycles. The van der Waals surface area contributed by atoms with Crippen LogP contribution in [0.25, 0.3) is 22.3 Å². The molecule has 4 aromatic rings. The number of hydrogen-bond donors (Lipinski definition) is 2. The number of benzene rings is 2. The molecular weight excluding hydrogens is 592 g/mol. The van der Waals surface area contributed by atoms with E-state index in [9.17, 15) is 9.59 Å². The predicted molar refractivity (Wildman–Crippen MR) is 180 cm³/mol. The van der Waals surface area contributed by atoms with Crippen LogP contribution in [0.15, 0.2) is 48.7 Å². The summed E-state index contributed by atoms with van der Waals surface area (Å²) in [7, 11) is 0. The largest absolute Gasteiger partial charge is 0.444 e. The van der Waals surface area contributed by atoms with Crippen molar-refractivity contribution in [1.82, 2.24) is 29.7 Å². The van der Waals surface area contributed by atoms with Gasteiger partial charge in [-0.2, -0.15) is 0 Å². The van der Waals surface area contributed by atoms with Gasteiger partial charge in [0.15, 0.2) is 0 Å². The monoisotopic (exact) mass is 636 g/mol. The lowest BCUT2D eigenvalue weighted by atomic mass is 10.0. The van der Waals surface area contributed by atoms with Crippen LogP contribution in [0.4, 0.5) is 9.59 Å². The van der Waals surface area contributed by atoms with Crippen molar-refractivity contribution in [2.45, 2.75) is 91.0 Å². The number of aromatic amines is 2. The van der Waals surface area contributed by atoms with Gasteiger partial charge in [-0.05, 0) is 97.1 Å². The number of likely N-dealkylation sites (tertiary alicyclic amines) is 2. The molecule has 0 saturated carbocycles. The summed E-state index contributed by atoms with van der Waals surface area (Å²) < 4.78 is 11.3. The van der Waals surface area contributed by atoms with Crippen molar-refractivity contribution in [3.05, 3.63) is 71.4 Å². The minimum atomic E-state index is -0.552. The molecule has 10 nitrogen and oxygen atoms in total. The second kappa shape index (κ2) is 12.4.